The summed E-state index contributed by atoms with van der Waals surface area (Å²) in [6.07, 6.45) is 3.68. The Morgan fingerprint density at radius 3 is 2.42 bits per heavy atom. The average Bonchev–Trinajstić information content (AvgIpc) is 2.72. The number of carbonyl (C=O) groups excluding carboxylic acids is 1. The number of rotatable bonds is 12. The average molecular weight is 447 g/mol. The number of sulfonamides is 1. The SMILES string of the molecule is CCOc1ccc(CCCNC(=O)CCCN(c2cccc(C)c2C)S(C)(=O)=O)cc1. The lowest BCUT2D eigenvalue weighted by molar-refractivity contribution is -0.121. The van der Waals surface area contributed by atoms with Crippen molar-refractivity contribution in [2.45, 2.75) is 46.5 Å². The van der Waals surface area contributed by atoms with Crippen LogP contribution in [0.5, 0.6) is 5.75 Å². The second kappa shape index (κ2) is 11.7. The molecule has 7 heteroatoms. The lowest BCUT2D eigenvalue weighted by Crippen LogP contribution is -2.33. The molecule has 2 rings (SSSR count). The van der Waals surface area contributed by atoms with Crippen molar-refractivity contribution in [3.05, 3.63) is 59.2 Å². The van der Waals surface area contributed by atoms with Gasteiger partial charge in [-0.25, -0.2) is 8.42 Å². The van der Waals surface area contributed by atoms with E-state index in [1.807, 2.05) is 63.2 Å². The monoisotopic (exact) mass is 446 g/mol. The molecule has 2 aromatic carbocycles. The van der Waals surface area contributed by atoms with Crippen LogP contribution >= 0.6 is 0 Å². The number of amides is 1. The molecule has 2 aromatic rings. The summed E-state index contributed by atoms with van der Waals surface area (Å²) >= 11 is 0. The molecule has 170 valence electrons. The van der Waals surface area contributed by atoms with Crippen LogP contribution in [0.3, 0.4) is 0 Å². The number of ether oxygens (including phenoxy) is 1. The van der Waals surface area contributed by atoms with Crippen LogP contribution in [0.4, 0.5) is 5.69 Å². The van der Waals surface area contributed by atoms with Crippen molar-refractivity contribution in [1.29, 1.82) is 0 Å². The predicted octanol–water partition coefficient (Wildman–Crippen LogP) is 4.00. The first-order valence-corrected chi connectivity index (χ1v) is 12.6. The summed E-state index contributed by atoms with van der Waals surface area (Å²) in [5, 5.41) is 2.93. The van der Waals surface area contributed by atoms with Gasteiger partial charge in [-0.2, -0.15) is 0 Å². The molecule has 0 aliphatic heterocycles. The fraction of sp³-hybridized carbons (Fsp3) is 0.458. The number of hydrogen-bond donors (Lipinski definition) is 1. The molecule has 0 saturated heterocycles. The molecule has 1 amide bonds. The summed E-state index contributed by atoms with van der Waals surface area (Å²) in [6.45, 7) is 7.36. The maximum atomic E-state index is 12.3. The second-order valence-electron chi connectivity index (χ2n) is 7.69. The van der Waals surface area contributed by atoms with E-state index in [0.29, 0.717) is 31.7 Å². The van der Waals surface area contributed by atoms with E-state index in [1.54, 1.807) is 0 Å². The molecule has 0 atom stereocenters. The van der Waals surface area contributed by atoms with Crippen LogP contribution in [-0.2, 0) is 21.2 Å². The lowest BCUT2D eigenvalue weighted by atomic mass is 10.1. The Hall–Kier alpha value is -2.54. The Morgan fingerprint density at radius 2 is 1.77 bits per heavy atom. The van der Waals surface area contributed by atoms with E-state index >= 15 is 0 Å². The molecule has 0 bridgehead atoms. The Bertz CT molecular complexity index is 956. The molecule has 0 aromatic heterocycles. The highest BCUT2D eigenvalue weighted by Crippen LogP contribution is 2.25. The van der Waals surface area contributed by atoms with Gasteiger partial charge in [0.05, 0.1) is 18.6 Å². The minimum atomic E-state index is -3.42. The molecule has 6 nitrogen and oxygen atoms in total. The smallest absolute Gasteiger partial charge is 0.232 e. The third-order valence-corrected chi connectivity index (χ3v) is 6.39. The standard InChI is InChI=1S/C24H34N2O4S/c1-5-30-22-15-13-21(14-16-22)10-7-17-25-24(27)12-8-18-26(31(4,28)29)23-11-6-9-19(2)20(23)3/h6,9,11,13-16H,5,7-8,10,12,17-18H2,1-4H3,(H,25,27). The first-order valence-electron chi connectivity index (χ1n) is 10.7. The minimum Gasteiger partial charge on any atom is -0.494 e. The van der Waals surface area contributed by atoms with E-state index in [0.717, 1.165) is 29.7 Å². The number of benzene rings is 2. The van der Waals surface area contributed by atoms with Crippen LogP contribution in [-0.4, -0.2) is 40.3 Å². The zero-order valence-corrected chi connectivity index (χ0v) is 19.8. The maximum absolute atomic E-state index is 12.3. The minimum absolute atomic E-state index is 0.0545. The molecule has 0 saturated carbocycles. The van der Waals surface area contributed by atoms with E-state index in [4.69, 9.17) is 4.74 Å². The molecule has 1 N–H and O–H groups in total. The van der Waals surface area contributed by atoms with E-state index < -0.39 is 10.0 Å². The van der Waals surface area contributed by atoms with Crippen LogP contribution in [0.2, 0.25) is 0 Å². The summed E-state index contributed by atoms with van der Waals surface area (Å²) < 4.78 is 31.4. The highest BCUT2D eigenvalue weighted by molar-refractivity contribution is 7.92. The van der Waals surface area contributed by atoms with Gasteiger partial charge in [-0.1, -0.05) is 24.3 Å². The summed E-state index contributed by atoms with van der Waals surface area (Å²) in [4.78, 5) is 12.2. The van der Waals surface area contributed by atoms with Crippen molar-refractivity contribution in [1.82, 2.24) is 5.32 Å². The van der Waals surface area contributed by atoms with Crippen LogP contribution in [0, 0.1) is 13.8 Å². The number of aryl methyl sites for hydroxylation is 2. The molecule has 0 spiro atoms. The molecule has 31 heavy (non-hydrogen) atoms. The Labute approximate surface area is 186 Å². The fourth-order valence-electron chi connectivity index (χ4n) is 3.38. The van der Waals surface area contributed by atoms with Crippen LogP contribution in [0.15, 0.2) is 42.5 Å². The molecule has 0 aliphatic rings. The summed E-state index contributed by atoms with van der Waals surface area (Å²) in [7, 11) is -3.42. The van der Waals surface area contributed by atoms with Gasteiger partial charge >= 0.3 is 0 Å². The fourth-order valence-corrected chi connectivity index (χ4v) is 4.40. The topological polar surface area (TPSA) is 75.7 Å². The largest absolute Gasteiger partial charge is 0.494 e. The van der Waals surface area contributed by atoms with Crippen molar-refractivity contribution in [3.63, 3.8) is 0 Å². The van der Waals surface area contributed by atoms with Crippen molar-refractivity contribution >= 4 is 21.6 Å². The van der Waals surface area contributed by atoms with Gasteiger partial charge in [0, 0.05) is 19.5 Å². The number of nitrogens with zero attached hydrogens (tertiary/aromatic N) is 1. The van der Waals surface area contributed by atoms with Gasteiger partial charge in [-0.3, -0.25) is 9.10 Å². The van der Waals surface area contributed by atoms with Crippen molar-refractivity contribution in [2.75, 3.05) is 30.3 Å². The summed E-state index contributed by atoms with van der Waals surface area (Å²) in [5.74, 6) is 0.810. The highest BCUT2D eigenvalue weighted by Gasteiger charge is 2.19. The first kappa shape index (κ1) is 24.7. The van der Waals surface area contributed by atoms with Gasteiger partial charge < -0.3 is 10.1 Å². The molecular formula is C24H34N2O4S. The second-order valence-corrected chi connectivity index (χ2v) is 9.60. The Balaban J connectivity index is 1.76. The van der Waals surface area contributed by atoms with Crippen molar-refractivity contribution in [2.24, 2.45) is 0 Å². The molecule has 0 radical (unpaired) electrons. The quantitative estimate of drug-likeness (QED) is 0.500. The van der Waals surface area contributed by atoms with E-state index in [2.05, 4.69) is 5.32 Å². The predicted molar refractivity (Wildman–Crippen MR) is 126 cm³/mol. The van der Waals surface area contributed by atoms with Crippen LogP contribution < -0.4 is 14.4 Å². The van der Waals surface area contributed by atoms with Crippen molar-refractivity contribution < 1.29 is 17.9 Å². The van der Waals surface area contributed by atoms with Crippen LogP contribution in [0.25, 0.3) is 0 Å². The molecular weight excluding hydrogens is 412 g/mol. The summed E-state index contributed by atoms with van der Waals surface area (Å²) in [5.41, 5.74) is 3.86. The number of nitrogens with one attached hydrogen (secondary N) is 1. The third-order valence-electron chi connectivity index (χ3n) is 5.21. The normalized spacial score (nSPS) is 11.2. The number of carbonyl (C=O) groups is 1. The van der Waals surface area contributed by atoms with Gasteiger partial charge in [0.2, 0.25) is 15.9 Å². The van der Waals surface area contributed by atoms with E-state index in [9.17, 15) is 13.2 Å². The number of anilines is 1. The highest BCUT2D eigenvalue weighted by atomic mass is 32.2. The van der Waals surface area contributed by atoms with E-state index in [-0.39, 0.29) is 12.5 Å². The van der Waals surface area contributed by atoms with Crippen LogP contribution in [0.1, 0.15) is 42.9 Å². The molecule has 0 heterocycles. The third kappa shape index (κ3) is 7.90. The van der Waals surface area contributed by atoms with Gasteiger partial charge in [-0.05, 0) is 74.9 Å². The lowest BCUT2D eigenvalue weighted by Gasteiger charge is -2.24. The molecule has 0 fully saturated rings. The number of hydrogen-bond acceptors (Lipinski definition) is 4. The van der Waals surface area contributed by atoms with Gasteiger partial charge in [0.15, 0.2) is 0 Å². The van der Waals surface area contributed by atoms with Gasteiger partial charge in [0.25, 0.3) is 0 Å². The molecule has 0 aliphatic carbocycles. The summed E-state index contributed by atoms with van der Waals surface area (Å²) in [6, 6.07) is 13.6. The van der Waals surface area contributed by atoms with Crippen molar-refractivity contribution in [3.8, 4) is 5.75 Å². The molecule has 0 unspecified atom stereocenters. The van der Waals surface area contributed by atoms with Gasteiger partial charge in [-0.15, -0.1) is 0 Å². The van der Waals surface area contributed by atoms with Gasteiger partial charge in [0.1, 0.15) is 5.75 Å². The zero-order valence-electron chi connectivity index (χ0n) is 19.0. The van der Waals surface area contributed by atoms with E-state index in [1.165, 1.54) is 16.1 Å². The Morgan fingerprint density at radius 1 is 1.06 bits per heavy atom. The Kier molecular flexibility index (Phi) is 9.37. The first-order chi connectivity index (χ1) is 14.7. The zero-order chi connectivity index (χ0) is 22.9. The maximum Gasteiger partial charge on any atom is 0.232 e.